The van der Waals surface area contributed by atoms with Gasteiger partial charge in [0, 0.05) is 5.41 Å². The van der Waals surface area contributed by atoms with Gasteiger partial charge in [0.15, 0.2) is 5.78 Å². The van der Waals surface area contributed by atoms with E-state index in [0.29, 0.717) is 0 Å². The third-order valence-electron chi connectivity index (χ3n) is 1.55. The number of Topliss-reactive ketones (excluding diaryl/α,β-unsaturated/α-hetero) is 1. The Morgan fingerprint density at radius 2 is 1.73 bits per heavy atom. The van der Waals surface area contributed by atoms with Gasteiger partial charge in [-0.05, 0) is 13.8 Å². The van der Waals surface area contributed by atoms with Gasteiger partial charge < -0.3 is 5.11 Å². The molecule has 0 aliphatic rings. The molecule has 0 amide bonds. The van der Waals surface area contributed by atoms with E-state index in [4.69, 9.17) is 5.11 Å². The van der Waals surface area contributed by atoms with Crippen LogP contribution in [-0.2, 0) is 4.79 Å². The van der Waals surface area contributed by atoms with Crippen LogP contribution in [0.4, 0.5) is 0 Å². The van der Waals surface area contributed by atoms with Gasteiger partial charge in [-0.3, -0.25) is 4.79 Å². The van der Waals surface area contributed by atoms with Gasteiger partial charge in [0.2, 0.25) is 0 Å². The van der Waals surface area contributed by atoms with E-state index >= 15 is 0 Å². The lowest BCUT2D eigenvalue weighted by Crippen LogP contribution is -2.39. The van der Waals surface area contributed by atoms with Crippen molar-refractivity contribution in [2.45, 2.75) is 32.0 Å². The zero-order valence-corrected chi connectivity index (χ0v) is 9.03. The average molecular weight is 223 g/mol. The first kappa shape index (κ1) is 11.1. The van der Waals surface area contributed by atoms with Crippen molar-refractivity contribution in [3.8, 4) is 0 Å². The number of rotatable bonds is 3. The maximum atomic E-state index is 11.5. The van der Waals surface area contributed by atoms with Crippen molar-refractivity contribution in [1.29, 1.82) is 0 Å². The lowest BCUT2D eigenvalue weighted by Gasteiger charge is -2.27. The number of halogens is 1. The first-order chi connectivity index (χ1) is 4.72. The van der Waals surface area contributed by atoms with Gasteiger partial charge in [-0.1, -0.05) is 29.8 Å². The molecule has 0 fully saturated rings. The molecule has 0 aromatic rings. The summed E-state index contributed by atoms with van der Waals surface area (Å²) in [5.74, 6) is 0.0208. The van der Waals surface area contributed by atoms with Crippen molar-refractivity contribution in [1.82, 2.24) is 0 Å². The fourth-order valence-electron chi connectivity index (χ4n) is 0.876. The molecule has 0 aromatic heterocycles. The predicted molar refractivity (Wildman–Crippen MR) is 48.9 cm³/mol. The summed E-state index contributed by atoms with van der Waals surface area (Å²) in [6.45, 7) is 6.93. The van der Waals surface area contributed by atoms with E-state index in [1.54, 1.807) is 27.7 Å². The van der Waals surface area contributed by atoms with E-state index < -0.39 is 9.74 Å². The SMILES string of the molecule is CC(C)(Br)C(=O)C(C)(C)CO. The summed E-state index contributed by atoms with van der Waals surface area (Å²) in [5.41, 5.74) is -0.646. The molecule has 0 bridgehead atoms. The Morgan fingerprint density at radius 1 is 1.36 bits per heavy atom. The Labute approximate surface area is 76.1 Å². The molecule has 66 valence electrons. The minimum Gasteiger partial charge on any atom is -0.395 e. The van der Waals surface area contributed by atoms with E-state index in [1.165, 1.54) is 0 Å². The predicted octanol–water partition coefficient (Wildman–Crippen LogP) is 1.75. The number of aliphatic hydroxyl groups is 1. The van der Waals surface area contributed by atoms with Crippen LogP contribution in [0.2, 0.25) is 0 Å². The minimum atomic E-state index is -0.646. The number of carbonyl (C=O) groups excluding carboxylic acids is 1. The molecule has 3 heteroatoms. The van der Waals surface area contributed by atoms with Crippen molar-refractivity contribution < 1.29 is 9.90 Å². The number of ketones is 1. The smallest absolute Gasteiger partial charge is 0.156 e. The second kappa shape index (κ2) is 3.23. The fourth-order valence-corrected chi connectivity index (χ4v) is 1.41. The van der Waals surface area contributed by atoms with Gasteiger partial charge in [0.05, 0.1) is 10.9 Å². The Kier molecular flexibility index (Phi) is 3.27. The number of aliphatic hydroxyl groups excluding tert-OH is 1. The summed E-state index contributed by atoms with van der Waals surface area (Å²) in [7, 11) is 0. The molecule has 11 heavy (non-hydrogen) atoms. The topological polar surface area (TPSA) is 37.3 Å². The molecule has 0 rings (SSSR count). The highest BCUT2D eigenvalue weighted by atomic mass is 79.9. The van der Waals surface area contributed by atoms with E-state index in [9.17, 15) is 4.79 Å². The number of carbonyl (C=O) groups is 1. The van der Waals surface area contributed by atoms with Crippen LogP contribution in [0.1, 0.15) is 27.7 Å². The lowest BCUT2D eigenvalue weighted by molar-refractivity contribution is -0.130. The van der Waals surface area contributed by atoms with E-state index in [1.807, 2.05) is 0 Å². The number of alkyl halides is 1. The molecule has 0 spiro atoms. The second-order valence-electron chi connectivity index (χ2n) is 3.84. The Balaban J connectivity index is 4.50. The molecule has 0 aromatic carbocycles. The lowest BCUT2D eigenvalue weighted by atomic mass is 9.83. The highest BCUT2D eigenvalue weighted by molar-refractivity contribution is 9.10. The normalized spacial score (nSPS) is 13.3. The molecule has 2 nitrogen and oxygen atoms in total. The quantitative estimate of drug-likeness (QED) is 0.740. The summed E-state index contributed by atoms with van der Waals surface area (Å²) in [6.07, 6.45) is 0. The molecular weight excluding hydrogens is 208 g/mol. The molecule has 1 N–H and O–H groups in total. The van der Waals surface area contributed by atoms with Gasteiger partial charge in [-0.25, -0.2) is 0 Å². The van der Waals surface area contributed by atoms with Crippen LogP contribution >= 0.6 is 15.9 Å². The largest absolute Gasteiger partial charge is 0.395 e. The summed E-state index contributed by atoms with van der Waals surface area (Å²) in [4.78, 5) is 11.5. The van der Waals surface area contributed by atoms with Crippen LogP contribution in [0.5, 0.6) is 0 Å². The third-order valence-corrected chi connectivity index (χ3v) is 1.91. The van der Waals surface area contributed by atoms with E-state index in [-0.39, 0.29) is 12.4 Å². The monoisotopic (exact) mass is 222 g/mol. The second-order valence-corrected chi connectivity index (χ2v) is 5.83. The molecule has 0 saturated carbocycles. The zero-order valence-electron chi connectivity index (χ0n) is 7.44. The van der Waals surface area contributed by atoms with Crippen LogP contribution in [0.3, 0.4) is 0 Å². The van der Waals surface area contributed by atoms with Crippen LogP contribution in [0.25, 0.3) is 0 Å². The van der Waals surface area contributed by atoms with Crippen LogP contribution in [0, 0.1) is 5.41 Å². The van der Waals surface area contributed by atoms with Gasteiger partial charge in [-0.15, -0.1) is 0 Å². The Bertz CT molecular complexity index is 156. The van der Waals surface area contributed by atoms with Gasteiger partial charge in [-0.2, -0.15) is 0 Å². The van der Waals surface area contributed by atoms with Crippen LogP contribution < -0.4 is 0 Å². The number of hydrogen-bond acceptors (Lipinski definition) is 2. The van der Waals surface area contributed by atoms with Crippen molar-refractivity contribution in [3.05, 3.63) is 0 Å². The highest BCUT2D eigenvalue weighted by Crippen LogP contribution is 2.28. The van der Waals surface area contributed by atoms with Gasteiger partial charge >= 0.3 is 0 Å². The molecule has 0 aliphatic heterocycles. The standard InChI is InChI=1S/C8H15BrO2/c1-7(2,5-10)6(11)8(3,4)9/h10H,5H2,1-4H3. The van der Waals surface area contributed by atoms with Crippen molar-refractivity contribution in [3.63, 3.8) is 0 Å². The van der Waals surface area contributed by atoms with Crippen molar-refractivity contribution in [2.24, 2.45) is 5.41 Å². The average Bonchev–Trinajstić information content (AvgIpc) is 1.84. The third kappa shape index (κ3) is 2.91. The molecule has 0 radical (unpaired) electrons. The maximum Gasteiger partial charge on any atom is 0.156 e. The molecular formula is C8H15BrO2. The minimum absolute atomic E-state index is 0.0208. The first-order valence-electron chi connectivity index (χ1n) is 3.56. The van der Waals surface area contributed by atoms with Crippen LogP contribution in [0.15, 0.2) is 0 Å². The molecule has 0 unspecified atom stereocenters. The summed E-state index contributed by atoms with van der Waals surface area (Å²) >= 11 is 3.26. The van der Waals surface area contributed by atoms with E-state index in [2.05, 4.69) is 15.9 Å². The summed E-state index contributed by atoms with van der Waals surface area (Å²) in [5, 5.41) is 8.89. The Morgan fingerprint density at radius 3 is 1.82 bits per heavy atom. The molecule has 0 saturated heterocycles. The number of hydrogen-bond donors (Lipinski definition) is 1. The summed E-state index contributed by atoms with van der Waals surface area (Å²) in [6, 6.07) is 0. The fraction of sp³-hybridized carbons (Fsp3) is 0.875. The molecule has 0 aliphatic carbocycles. The first-order valence-corrected chi connectivity index (χ1v) is 4.36. The molecule has 0 atom stereocenters. The highest BCUT2D eigenvalue weighted by Gasteiger charge is 2.36. The molecule has 0 heterocycles. The van der Waals surface area contributed by atoms with Gasteiger partial charge in [0.1, 0.15) is 0 Å². The van der Waals surface area contributed by atoms with Crippen molar-refractivity contribution >= 4 is 21.7 Å². The Hall–Kier alpha value is 0.110. The van der Waals surface area contributed by atoms with Crippen molar-refractivity contribution in [2.75, 3.05) is 6.61 Å². The van der Waals surface area contributed by atoms with E-state index in [0.717, 1.165) is 0 Å². The summed E-state index contributed by atoms with van der Waals surface area (Å²) < 4.78 is -0.542. The van der Waals surface area contributed by atoms with Gasteiger partial charge in [0.25, 0.3) is 0 Å². The van der Waals surface area contributed by atoms with Crippen LogP contribution in [-0.4, -0.2) is 21.8 Å². The maximum absolute atomic E-state index is 11.5. The zero-order chi connectivity index (χ0) is 9.28.